The van der Waals surface area contributed by atoms with Crippen LogP contribution in [0.5, 0.6) is 11.5 Å². The number of carbonyl (C=O) groups excluding carboxylic acids is 2. The van der Waals surface area contributed by atoms with Crippen LogP contribution in [0, 0.1) is 0 Å². The van der Waals surface area contributed by atoms with Crippen LogP contribution >= 0.6 is 15.9 Å². The van der Waals surface area contributed by atoms with Crippen LogP contribution in [-0.4, -0.2) is 23.9 Å². The van der Waals surface area contributed by atoms with E-state index in [4.69, 9.17) is 9.47 Å². The molecular weight excluding hydrogens is 434 g/mol. The molecule has 0 spiro atoms. The van der Waals surface area contributed by atoms with Gasteiger partial charge in [-0.05, 0) is 78.5 Å². The standard InChI is InChI=1S/C23H26BrNO4/c1-4-15-7-9-21(18(24)12-15)28-11-5-6-22(27)25-16-8-10-20-17(13-16)19(26)14-23(2,3)29-20/h7-10,12-13H,4-6,11,14H2,1-3H3,(H,25,27). The average molecular weight is 460 g/mol. The highest BCUT2D eigenvalue weighted by Crippen LogP contribution is 2.34. The molecule has 0 saturated heterocycles. The number of fused-ring (bicyclic) bond motifs is 1. The first-order valence-corrected chi connectivity index (χ1v) is 10.6. The molecule has 2 aromatic carbocycles. The van der Waals surface area contributed by atoms with Crippen LogP contribution in [0.2, 0.25) is 0 Å². The number of anilines is 1. The van der Waals surface area contributed by atoms with Gasteiger partial charge < -0.3 is 14.8 Å². The molecule has 0 saturated carbocycles. The lowest BCUT2D eigenvalue weighted by Crippen LogP contribution is -2.35. The average Bonchev–Trinajstić information content (AvgIpc) is 2.66. The molecule has 3 rings (SSSR count). The predicted molar refractivity (Wildman–Crippen MR) is 117 cm³/mol. The summed E-state index contributed by atoms with van der Waals surface area (Å²) in [5, 5.41) is 2.85. The van der Waals surface area contributed by atoms with Gasteiger partial charge in [-0.3, -0.25) is 9.59 Å². The predicted octanol–water partition coefficient (Wildman–Crippen LogP) is 5.55. The first kappa shape index (κ1) is 21.4. The Labute approximate surface area is 179 Å². The summed E-state index contributed by atoms with van der Waals surface area (Å²) in [4.78, 5) is 24.6. The van der Waals surface area contributed by atoms with Gasteiger partial charge >= 0.3 is 0 Å². The Bertz CT molecular complexity index is 923. The molecule has 1 N–H and O–H groups in total. The highest BCUT2D eigenvalue weighted by Gasteiger charge is 2.32. The second-order valence-electron chi connectivity index (χ2n) is 7.79. The molecule has 0 unspecified atom stereocenters. The van der Waals surface area contributed by atoms with Crippen molar-refractivity contribution in [1.29, 1.82) is 0 Å². The summed E-state index contributed by atoms with van der Waals surface area (Å²) < 4.78 is 12.5. The van der Waals surface area contributed by atoms with Crippen molar-refractivity contribution in [3.05, 3.63) is 52.0 Å². The topological polar surface area (TPSA) is 64.6 Å². The Balaban J connectivity index is 1.49. The molecule has 0 bridgehead atoms. The molecule has 5 nitrogen and oxygen atoms in total. The number of halogens is 1. The summed E-state index contributed by atoms with van der Waals surface area (Å²) in [5.74, 6) is 1.26. The van der Waals surface area contributed by atoms with E-state index in [1.165, 1.54) is 5.56 Å². The van der Waals surface area contributed by atoms with Crippen molar-refractivity contribution in [1.82, 2.24) is 0 Å². The second kappa shape index (κ2) is 8.99. The fraction of sp³-hybridized carbons (Fsp3) is 0.391. The summed E-state index contributed by atoms with van der Waals surface area (Å²) >= 11 is 3.51. The van der Waals surface area contributed by atoms with Gasteiger partial charge in [0.1, 0.15) is 17.1 Å². The van der Waals surface area contributed by atoms with E-state index in [2.05, 4.69) is 28.2 Å². The number of rotatable bonds is 7. The van der Waals surface area contributed by atoms with Gasteiger partial charge in [0.15, 0.2) is 5.78 Å². The number of Topliss-reactive ketones (excluding diaryl/α,β-unsaturated/α-hetero) is 1. The zero-order chi connectivity index (χ0) is 21.0. The smallest absolute Gasteiger partial charge is 0.224 e. The molecule has 0 aliphatic carbocycles. The van der Waals surface area contributed by atoms with Crippen molar-refractivity contribution in [3.63, 3.8) is 0 Å². The summed E-state index contributed by atoms with van der Waals surface area (Å²) in [6, 6.07) is 11.2. The van der Waals surface area contributed by atoms with Crippen LogP contribution in [0.4, 0.5) is 5.69 Å². The first-order chi connectivity index (χ1) is 13.8. The third kappa shape index (κ3) is 5.60. The largest absolute Gasteiger partial charge is 0.492 e. The van der Waals surface area contributed by atoms with Crippen molar-refractivity contribution in [2.45, 2.75) is 52.1 Å². The minimum Gasteiger partial charge on any atom is -0.492 e. The van der Waals surface area contributed by atoms with Crippen molar-refractivity contribution in [2.24, 2.45) is 0 Å². The Kier molecular flexibility index (Phi) is 6.63. The van der Waals surface area contributed by atoms with E-state index in [0.29, 0.717) is 42.9 Å². The van der Waals surface area contributed by atoms with Gasteiger partial charge in [-0.25, -0.2) is 0 Å². The van der Waals surface area contributed by atoms with Crippen LogP contribution in [0.3, 0.4) is 0 Å². The van der Waals surface area contributed by atoms with Crippen LogP contribution in [0.25, 0.3) is 0 Å². The van der Waals surface area contributed by atoms with Crippen LogP contribution in [0.1, 0.15) is 56.0 Å². The van der Waals surface area contributed by atoms with Gasteiger partial charge in [0.05, 0.1) is 23.1 Å². The fourth-order valence-corrected chi connectivity index (χ4v) is 3.79. The van der Waals surface area contributed by atoms with Gasteiger partial charge in [-0.15, -0.1) is 0 Å². The zero-order valence-electron chi connectivity index (χ0n) is 17.0. The fourth-order valence-electron chi connectivity index (χ4n) is 3.25. The lowest BCUT2D eigenvalue weighted by molar-refractivity contribution is -0.116. The number of nitrogens with one attached hydrogen (secondary N) is 1. The maximum Gasteiger partial charge on any atom is 0.224 e. The molecule has 1 heterocycles. The SMILES string of the molecule is CCc1ccc(OCCCC(=O)Nc2ccc3c(c2)C(=O)CC(C)(C)O3)c(Br)c1. The summed E-state index contributed by atoms with van der Waals surface area (Å²) in [6.45, 7) is 6.33. The quantitative estimate of drug-likeness (QED) is 0.550. The minimum atomic E-state index is -0.499. The molecule has 0 aromatic heterocycles. The lowest BCUT2D eigenvalue weighted by atomic mass is 9.93. The maximum atomic E-state index is 12.3. The minimum absolute atomic E-state index is 0.0282. The highest BCUT2D eigenvalue weighted by molar-refractivity contribution is 9.10. The van der Waals surface area contributed by atoms with Crippen LogP contribution in [-0.2, 0) is 11.2 Å². The molecule has 2 aromatic rings. The molecular formula is C23H26BrNO4. The van der Waals surface area contributed by atoms with E-state index in [9.17, 15) is 9.59 Å². The number of hydrogen-bond donors (Lipinski definition) is 1. The lowest BCUT2D eigenvalue weighted by Gasteiger charge is -2.31. The monoisotopic (exact) mass is 459 g/mol. The number of ketones is 1. The van der Waals surface area contributed by atoms with Crippen LogP contribution < -0.4 is 14.8 Å². The summed E-state index contributed by atoms with van der Waals surface area (Å²) in [5.41, 5.74) is 1.86. The number of aryl methyl sites for hydroxylation is 1. The normalized spacial score (nSPS) is 14.7. The van der Waals surface area contributed by atoms with Crippen LogP contribution in [0.15, 0.2) is 40.9 Å². The number of carbonyl (C=O) groups is 2. The Morgan fingerprint density at radius 2 is 2.03 bits per heavy atom. The first-order valence-electron chi connectivity index (χ1n) is 9.85. The van der Waals surface area contributed by atoms with Crippen molar-refractivity contribution in [3.8, 4) is 11.5 Å². The Morgan fingerprint density at radius 3 is 2.76 bits per heavy atom. The van der Waals surface area contributed by atoms with E-state index in [0.717, 1.165) is 16.6 Å². The van der Waals surface area contributed by atoms with Gasteiger partial charge in [-0.2, -0.15) is 0 Å². The number of benzene rings is 2. The molecule has 0 atom stereocenters. The third-order valence-corrected chi connectivity index (χ3v) is 5.37. The van der Waals surface area contributed by atoms with Gasteiger partial charge in [0.25, 0.3) is 0 Å². The Hall–Kier alpha value is -2.34. The van der Waals surface area contributed by atoms with E-state index in [1.54, 1.807) is 18.2 Å². The van der Waals surface area contributed by atoms with Crippen molar-refractivity contribution < 1.29 is 19.1 Å². The molecule has 154 valence electrons. The van der Waals surface area contributed by atoms with Crippen molar-refractivity contribution >= 4 is 33.3 Å². The molecule has 0 radical (unpaired) electrons. The van der Waals surface area contributed by atoms with Gasteiger partial charge in [0, 0.05) is 12.1 Å². The molecule has 0 fully saturated rings. The number of hydrogen-bond acceptors (Lipinski definition) is 4. The maximum absolute atomic E-state index is 12.3. The van der Waals surface area contributed by atoms with Crippen molar-refractivity contribution in [2.75, 3.05) is 11.9 Å². The Morgan fingerprint density at radius 1 is 1.24 bits per heavy atom. The highest BCUT2D eigenvalue weighted by atomic mass is 79.9. The summed E-state index contributed by atoms with van der Waals surface area (Å²) in [6.07, 6.45) is 2.22. The number of amides is 1. The molecule has 1 amide bonds. The zero-order valence-corrected chi connectivity index (χ0v) is 18.6. The molecule has 1 aliphatic heterocycles. The van der Waals surface area contributed by atoms with E-state index in [-0.39, 0.29) is 11.7 Å². The third-order valence-electron chi connectivity index (χ3n) is 4.75. The number of ether oxygens (including phenoxy) is 2. The molecule has 29 heavy (non-hydrogen) atoms. The molecule has 6 heteroatoms. The van der Waals surface area contributed by atoms with Gasteiger partial charge in [0.2, 0.25) is 5.91 Å². The van der Waals surface area contributed by atoms with E-state index >= 15 is 0 Å². The van der Waals surface area contributed by atoms with E-state index in [1.807, 2.05) is 32.0 Å². The van der Waals surface area contributed by atoms with Gasteiger partial charge in [-0.1, -0.05) is 13.0 Å². The molecule has 1 aliphatic rings. The summed E-state index contributed by atoms with van der Waals surface area (Å²) in [7, 11) is 0. The second-order valence-corrected chi connectivity index (χ2v) is 8.65. The van der Waals surface area contributed by atoms with E-state index < -0.39 is 5.60 Å².